The molecule has 6 nitrogen and oxygen atoms in total. The molecule has 0 fully saturated rings. The standard InChI is InChI=1S/C17H16Cl2N2O4/c1-24-14-6-4-11(8-15(14)25-2)21-16(22)9-20-17(23)10-3-5-12(18)13(19)7-10/h3-8H,9H2,1-2H3,(H,20,23)(H,21,22). The molecule has 0 spiro atoms. The maximum absolute atomic E-state index is 12.0. The van der Waals surface area contributed by atoms with Gasteiger partial charge in [-0.15, -0.1) is 0 Å². The van der Waals surface area contributed by atoms with E-state index in [4.69, 9.17) is 32.7 Å². The fraction of sp³-hybridized carbons (Fsp3) is 0.176. The second-order valence-electron chi connectivity index (χ2n) is 4.93. The van der Waals surface area contributed by atoms with E-state index < -0.39 is 5.91 Å². The molecule has 2 amide bonds. The predicted octanol–water partition coefficient (Wildman–Crippen LogP) is 3.38. The summed E-state index contributed by atoms with van der Waals surface area (Å²) < 4.78 is 10.3. The summed E-state index contributed by atoms with van der Waals surface area (Å²) in [6.45, 7) is -0.201. The van der Waals surface area contributed by atoms with E-state index >= 15 is 0 Å². The summed E-state index contributed by atoms with van der Waals surface area (Å²) in [5.74, 6) is 0.218. The quantitative estimate of drug-likeness (QED) is 0.802. The third kappa shape index (κ3) is 5.01. The van der Waals surface area contributed by atoms with Gasteiger partial charge in [0.25, 0.3) is 5.91 Å². The van der Waals surface area contributed by atoms with Crippen LogP contribution in [0.1, 0.15) is 10.4 Å². The van der Waals surface area contributed by atoms with Gasteiger partial charge >= 0.3 is 0 Å². The highest BCUT2D eigenvalue weighted by Crippen LogP contribution is 2.29. The molecule has 0 atom stereocenters. The number of carbonyl (C=O) groups is 2. The molecule has 2 aromatic carbocycles. The monoisotopic (exact) mass is 382 g/mol. The molecule has 2 aromatic rings. The molecule has 0 bridgehead atoms. The zero-order valence-electron chi connectivity index (χ0n) is 13.6. The van der Waals surface area contributed by atoms with Crippen LogP contribution in [-0.4, -0.2) is 32.6 Å². The number of methoxy groups -OCH3 is 2. The smallest absolute Gasteiger partial charge is 0.251 e. The van der Waals surface area contributed by atoms with Gasteiger partial charge in [0.2, 0.25) is 5.91 Å². The third-order valence-electron chi connectivity index (χ3n) is 3.26. The van der Waals surface area contributed by atoms with E-state index in [0.717, 1.165) is 0 Å². The second kappa shape index (κ2) is 8.60. The van der Waals surface area contributed by atoms with Crippen molar-refractivity contribution in [1.29, 1.82) is 0 Å². The molecule has 0 aliphatic rings. The van der Waals surface area contributed by atoms with E-state index in [9.17, 15) is 9.59 Å². The first-order valence-corrected chi connectivity index (χ1v) is 7.95. The third-order valence-corrected chi connectivity index (χ3v) is 4.00. The van der Waals surface area contributed by atoms with Crippen molar-refractivity contribution in [3.8, 4) is 11.5 Å². The summed E-state index contributed by atoms with van der Waals surface area (Å²) in [5, 5.41) is 5.79. The van der Waals surface area contributed by atoms with Gasteiger partial charge in [0.15, 0.2) is 11.5 Å². The number of nitrogens with one attached hydrogen (secondary N) is 2. The lowest BCUT2D eigenvalue weighted by atomic mass is 10.2. The number of amides is 2. The van der Waals surface area contributed by atoms with Crippen molar-refractivity contribution in [2.24, 2.45) is 0 Å². The first-order chi connectivity index (χ1) is 11.9. The van der Waals surface area contributed by atoms with E-state index in [1.54, 1.807) is 18.2 Å². The highest BCUT2D eigenvalue weighted by Gasteiger charge is 2.11. The zero-order valence-corrected chi connectivity index (χ0v) is 15.1. The topological polar surface area (TPSA) is 76.7 Å². The molecular formula is C17H16Cl2N2O4. The van der Waals surface area contributed by atoms with E-state index in [1.165, 1.54) is 32.4 Å². The molecular weight excluding hydrogens is 367 g/mol. The maximum Gasteiger partial charge on any atom is 0.251 e. The summed E-state index contributed by atoms with van der Waals surface area (Å²) in [5.41, 5.74) is 0.833. The number of benzene rings is 2. The molecule has 25 heavy (non-hydrogen) atoms. The molecule has 8 heteroatoms. The van der Waals surface area contributed by atoms with Gasteiger partial charge in [-0.1, -0.05) is 23.2 Å². The average Bonchev–Trinajstić information content (AvgIpc) is 2.61. The van der Waals surface area contributed by atoms with Crippen molar-refractivity contribution in [2.45, 2.75) is 0 Å². The predicted molar refractivity (Wildman–Crippen MR) is 97.0 cm³/mol. The number of rotatable bonds is 6. The number of hydrogen-bond donors (Lipinski definition) is 2. The van der Waals surface area contributed by atoms with Gasteiger partial charge in [0.1, 0.15) is 0 Å². The lowest BCUT2D eigenvalue weighted by Crippen LogP contribution is -2.32. The Kier molecular flexibility index (Phi) is 6.50. The van der Waals surface area contributed by atoms with Crippen LogP contribution in [0.2, 0.25) is 10.0 Å². The van der Waals surface area contributed by atoms with E-state index in [2.05, 4.69) is 10.6 Å². The van der Waals surface area contributed by atoms with Crippen molar-refractivity contribution >= 4 is 40.7 Å². The molecule has 0 saturated carbocycles. The Labute approximate surface area is 155 Å². The molecule has 2 rings (SSSR count). The van der Waals surface area contributed by atoms with Gasteiger partial charge in [-0.2, -0.15) is 0 Å². The van der Waals surface area contributed by atoms with Crippen LogP contribution in [0, 0.1) is 0 Å². The molecule has 0 radical (unpaired) electrons. The van der Waals surface area contributed by atoms with Crippen LogP contribution in [0.15, 0.2) is 36.4 Å². The van der Waals surface area contributed by atoms with E-state index in [0.29, 0.717) is 27.8 Å². The number of ether oxygens (including phenoxy) is 2. The summed E-state index contributed by atoms with van der Waals surface area (Å²) >= 11 is 11.7. The molecule has 0 aromatic heterocycles. The van der Waals surface area contributed by atoms with Crippen molar-refractivity contribution in [2.75, 3.05) is 26.1 Å². The number of hydrogen-bond acceptors (Lipinski definition) is 4. The summed E-state index contributed by atoms with van der Waals surface area (Å²) in [4.78, 5) is 24.0. The van der Waals surface area contributed by atoms with Crippen LogP contribution in [0.4, 0.5) is 5.69 Å². The lowest BCUT2D eigenvalue weighted by molar-refractivity contribution is -0.115. The maximum atomic E-state index is 12.0. The van der Waals surface area contributed by atoms with Gasteiger partial charge in [0.05, 0.1) is 30.8 Å². The highest BCUT2D eigenvalue weighted by atomic mass is 35.5. The number of carbonyl (C=O) groups excluding carboxylic acids is 2. The van der Waals surface area contributed by atoms with E-state index in [1.807, 2.05) is 0 Å². The largest absolute Gasteiger partial charge is 0.493 e. The van der Waals surface area contributed by atoms with Crippen LogP contribution < -0.4 is 20.1 Å². The first kappa shape index (κ1) is 18.9. The Balaban J connectivity index is 1.94. The van der Waals surface area contributed by atoms with Gasteiger partial charge in [-0.3, -0.25) is 9.59 Å². The fourth-order valence-corrected chi connectivity index (χ4v) is 2.32. The van der Waals surface area contributed by atoms with Crippen molar-refractivity contribution in [3.05, 3.63) is 52.0 Å². The Morgan fingerprint density at radius 3 is 2.32 bits per heavy atom. The van der Waals surface area contributed by atoms with E-state index in [-0.39, 0.29) is 17.5 Å². The molecule has 0 saturated heterocycles. The van der Waals surface area contributed by atoms with Crippen molar-refractivity contribution in [3.63, 3.8) is 0 Å². The summed E-state index contributed by atoms with van der Waals surface area (Å²) in [7, 11) is 3.02. The van der Waals surface area contributed by atoms with Gasteiger partial charge in [-0.25, -0.2) is 0 Å². The Morgan fingerprint density at radius 1 is 0.960 bits per heavy atom. The summed E-state index contributed by atoms with van der Waals surface area (Å²) in [6.07, 6.45) is 0. The minimum absolute atomic E-state index is 0.201. The number of halogens is 2. The van der Waals surface area contributed by atoms with Crippen LogP contribution in [0.5, 0.6) is 11.5 Å². The Morgan fingerprint density at radius 2 is 1.68 bits per heavy atom. The number of anilines is 1. The Bertz CT molecular complexity index is 796. The molecule has 2 N–H and O–H groups in total. The van der Waals surface area contributed by atoms with Crippen LogP contribution in [0.3, 0.4) is 0 Å². The average molecular weight is 383 g/mol. The zero-order chi connectivity index (χ0) is 18.4. The van der Waals surface area contributed by atoms with Crippen molar-refractivity contribution in [1.82, 2.24) is 5.32 Å². The second-order valence-corrected chi connectivity index (χ2v) is 5.74. The molecule has 0 aliphatic heterocycles. The van der Waals surface area contributed by atoms with Gasteiger partial charge in [-0.05, 0) is 30.3 Å². The van der Waals surface area contributed by atoms with Gasteiger partial charge in [0, 0.05) is 17.3 Å². The first-order valence-electron chi connectivity index (χ1n) is 7.19. The van der Waals surface area contributed by atoms with Gasteiger partial charge < -0.3 is 20.1 Å². The summed E-state index contributed by atoms with van der Waals surface area (Å²) in [6, 6.07) is 9.43. The normalized spacial score (nSPS) is 10.1. The van der Waals surface area contributed by atoms with Crippen LogP contribution >= 0.6 is 23.2 Å². The molecule has 132 valence electrons. The lowest BCUT2D eigenvalue weighted by Gasteiger charge is -2.11. The highest BCUT2D eigenvalue weighted by molar-refractivity contribution is 6.42. The SMILES string of the molecule is COc1ccc(NC(=O)CNC(=O)c2ccc(Cl)c(Cl)c2)cc1OC. The fourth-order valence-electron chi connectivity index (χ4n) is 2.02. The molecule has 0 unspecified atom stereocenters. The van der Waals surface area contributed by atoms with Crippen LogP contribution in [0.25, 0.3) is 0 Å². The van der Waals surface area contributed by atoms with Crippen molar-refractivity contribution < 1.29 is 19.1 Å². The Hall–Kier alpha value is -2.44. The van der Waals surface area contributed by atoms with Crippen LogP contribution in [-0.2, 0) is 4.79 Å². The minimum Gasteiger partial charge on any atom is -0.493 e. The minimum atomic E-state index is -0.430. The molecule has 0 heterocycles. The molecule has 0 aliphatic carbocycles.